The van der Waals surface area contributed by atoms with Gasteiger partial charge in [0.15, 0.2) is 11.5 Å². The van der Waals surface area contributed by atoms with Crippen molar-refractivity contribution in [2.75, 3.05) is 44.3 Å². The average molecular weight is 408 g/mol. The number of halogens is 1. The Hall–Kier alpha value is -3.55. The van der Waals surface area contributed by atoms with Crippen molar-refractivity contribution in [3.8, 4) is 22.8 Å². The first-order valence-electron chi connectivity index (χ1n) is 9.92. The molecule has 0 saturated carbocycles. The van der Waals surface area contributed by atoms with Crippen molar-refractivity contribution in [2.24, 2.45) is 0 Å². The number of amides is 1. The number of benzene rings is 2. The number of rotatable bonds is 3. The maximum atomic E-state index is 13.2. The number of H-pyrrole nitrogens is 1. The fourth-order valence-electron chi connectivity index (χ4n) is 3.86. The van der Waals surface area contributed by atoms with Crippen molar-refractivity contribution >= 4 is 11.6 Å². The van der Waals surface area contributed by atoms with Crippen LogP contribution in [0.4, 0.5) is 10.1 Å². The lowest BCUT2D eigenvalue weighted by molar-refractivity contribution is 0.0747. The molecule has 0 aliphatic carbocycles. The van der Waals surface area contributed by atoms with E-state index >= 15 is 0 Å². The molecular formula is C22H21FN4O3. The molecule has 1 saturated heterocycles. The van der Waals surface area contributed by atoms with E-state index in [0.29, 0.717) is 62.1 Å². The second-order valence-corrected chi connectivity index (χ2v) is 7.27. The van der Waals surface area contributed by atoms with Gasteiger partial charge in [-0.25, -0.2) is 4.39 Å². The van der Waals surface area contributed by atoms with Gasteiger partial charge < -0.3 is 19.3 Å². The van der Waals surface area contributed by atoms with Crippen LogP contribution in [0.5, 0.6) is 11.5 Å². The van der Waals surface area contributed by atoms with Crippen molar-refractivity contribution in [1.29, 1.82) is 0 Å². The Morgan fingerprint density at radius 3 is 2.47 bits per heavy atom. The van der Waals surface area contributed by atoms with Crippen molar-refractivity contribution in [2.45, 2.75) is 0 Å². The van der Waals surface area contributed by atoms with E-state index in [1.165, 1.54) is 12.1 Å². The maximum absolute atomic E-state index is 13.2. The molecule has 0 atom stereocenters. The highest BCUT2D eigenvalue weighted by Crippen LogP contribution is 2.35. The Kier molecular flexibility index (Phi) is 4.74. The zero-order valence-corrected chi connectivity index (χ0v) is 16.3. The number of anilines is 1. The SMILES string of the molecule is O=C(c1cn[nH]c1-c1ccc2c(c1)OCCO2)N1CCN(c2ccc(F)cc2)CC1. The smallest absolute Gasteiger partial charge is 0.257 e. The summed E-state index contributed by atoms with van der Waals surface area (Å²) in [5, 5.41) is 7.06. The van der Waals surface area contributed by atoms with E-state index in [1.54, 1.807) is 18.3 Å². The van der Waals surface area contributed by atoms with Crippen LogP contribution in [0, 0.1) is 5.82 Å². The molecular weight excluding hydrogens is 387 g/mol. The van der Waals surface area contributed by atoms with Crippen molar-refractivity contribution in [3.05, 3.63) is 60.0 Å². The maximum Gasteiger partial charge on any atom is 0.257 e. The van der Waals surface area contributed by atoms with Crippen molar-refractivity contribution < 1.29 is 18.7 Å². The quantitative estimate of drug-likeness (QED) is 0.722. The third-order valence-corrected chi connectivity index (χ3v) is 5.46. The number of ether oxygens (including phenoxy) is 2. The summed E-state index contributed by atoms with van der Waals surface area (Å²) in [7, 11) is 0. The molecule has 3 aromatic rings. The standard InChI is InChI=1S/C22H21FN4O3/c23-16-2-4-17(5-3-16)26-7-9-27(10-8-26)22(28)18-14-24-25-21(18)15-1-6-19-20(13-15)30-12-11-29-19/h1-6,13-14H,7-12H2,(H,24,25). The van der Waals surface area contributed by atoms with E-state index in [9.17, 15) is 9.18 Å². The number of carbonyl (C=O) groups is 1. The van der Waals surface area contributed by atoms with Crippen LogP contribution in [0.3, 0.4) is 0 Å². The summed E-state index contributed by atoms with van der Waals surface area (Å²) in [4.78, 5) is 17.2. The predicted octanol–water partition coefficient (Wildman–Crippen LogP) is 2.95. The largest absolute Gasteiger partial charge is 0.486 e. The normalized spacial score (nSPS) is 15.9. The minimum atomic E-state index is -0.251. The molecule has 2 aromatic carbocycles. The molecule has 0 unspecified atom stereocenters. The van der Waals surface area contributed by atoms with Gasteiger partial charge in [-0.3, -0.25) is 9.89 Å². The summed E-state index contributed by atoms with van der Waals surface area (Å²) in [6.45, 7) is 3.58. The Morgan fingerprint density at radius 2 is 1.70 bits per heavy atom. The molecule has 2 aliphatic rings. The van der Waals surface area contributed by atoms with Crippen LogP contribution in [-0.2, 0) is 0 Å². The summed E-state index contributed by atoms with van der Waals surface area (Å²) in [6, 6.07) is 12.1. The number of aromatic nitrogens is 2. The van der Waals surface area contributed by atoms with Gasteiger partial charge in [-0.15, -0.1) is 0 Å². The molecule has 5 rings (SSSR count). The minimum Gasteiger partial charge on any atom is -0.486 e. The summed E-state index contributed by atoms with van der Waals surface area (Å²) in [6.07, 6.45) is 1.57. The summed E-state index contributed by atoms with van der Waals surface area (Å²) in [5.41, 5.74) is 2.98. The first-order valence-corrected chi connectivity index (χ1v) is 9.92. The lowest BCUT2D eigenvalue weighted by Crippen LogP contribution is -2.48. The van der Waals surface area contributed by atoms with Gasteiger partial charge in [-0.05, 0) is 42.5 Å². The fourth-order valence-corrected chi connectivity index (χ4v) is 3.86. The van der Waals surface area contributed by atoms with Gasteiger partial charge in [0.25, 0.3) is 5.91 Å². The molecule has 154 valence electrons. The van der Waals surface area contributed by atoms with E-state index in [0.717, 1.165) is 11.3 Å². The molecule has 3 heterocycles. The second-order valence-electron chi connectivity index (χ2n) is 7.27. The first kappa shape index (κ1) is 18.5. The number of piperazine rings is 1. The number of nitrogens with zero attached hydrogens (tertiary/aromatic N) is 3. The lowest BCUT2D eigenvalue weighted by Gasteiger charge is -2.36. The summed E-state index contributed by atoms with van der Waals surface area (Å²) >= 11 is 0. The number of fused-ring (bicyclic) bond motifs is 1. The Bertz CT molecular complexity index is 1060. The molecule has 1 fully saturated rings. The van der Waals surface area contributed by atoms with Crippen LogP contribution in [0.25, 0.3) is 11.3 Å². The molecule has 0 spiro atoms. The van der Waals surface area contributed by atoms with E-state index in [2.05, 4.69) is 15.1 Å². The fraction of sp³-hybridized carbons (Fsp3) is 0.273. The average Bonchev–Trinajstić information content (AvgIpc) is 3.29. The van der Waals surface area contributed by atoms with Crippen LogP contribution in [-0.4, -0.2) is 60.4 Å². The number of nitrogens with one attached hydrogen (secondary N) is 1. The summed E-state index contributed by atoms with van der Waals surface area (Å²) < 4.78 is 24.4. The Morgan fingerprint density at radius 1 is 0.967 bits per heavy atom. The third-order valence-electron chi connectivity index (χ3n) is 5.46. The second kappa shape index (κ2) is 7.70. The lowest BCUT2D eigenvalue weighted by atomic mass is 10.1. The van der Waals surface area contributed by atoms with Gasteiger partial charge in [0.1, 0.15) is 19.0 Å². The molecule has 0 bridgehead atoms. The van der Waals surface area contributed by atoms with E-state index in [-0.39, 0.29) is 11.7 Å². The molecule has 30 heavy (non-hydrogen) atoms. The number of hydrogen-bond donors (Lipinski definition) is 1. The highest BCUT2D eigenvalue weighted by molar-refractivity contribution is 6.00. The van der Waals surface area contributed by atoms with Crippen LogP contribution in [0.1, 0.15) is 10.4 Å². The molecule has 0 radical (unpaired) electrons. The number of aromatic amines is 1. The topological polar surface area (TPSA) is 70.7 Å². The molecule has 7 nitrogen and oxygen atoms in total. The number of hydrogen-bond acceptors (Lipinski definition) is 5. The van der Waals surface area contributed by atoms with Gasteiger partial charge in [0.05, 0.1) is 17.5 Å². The van der Waals surface area contributed by atoms with Crippen LogP contribution < -0.4 is 14.4 Å². The van der Waals surface area contributed by atoms with Crippen molar-refractivity contribution in [3.63, 3.8) is 0 Å². The van der Waals surface area contributed by atoms with Crippen LogP contribution in [0.2, 0.25) is 0 Å². The number of carbonyl (C=O) groups excluding carboxylic acids is 1. The van der Waals surface area contributed by atoms with Crippen LogP contribution in [0.15, 0.2) is 48.7 Å². The molecule has 1 amide bonds. The van der Waals surface area contributed by atoms with Gasteiger partial charge in [-0.1, -0.05) is 0 Å². The molecule has 8 heteroatoms. The zero-order chi connectivity index (χ0) is 20.5. The molecule has 1 aromatic heterocycles. The highest BCUT2D eigenvalue weighted by atomic mass is 19.1. The summed E-state index contributed by atoms with van der Waals surface area (Å²) in [5.74, 6) is 1.06. The van der Waals surface area contributed by atoms with E-state index < -0.39 is 0 Å². The van der Waals surface area contributed by atoms with Gasteiger partial charge in [-0.2, -0.15) is 5.10 Å². The zero-order valence-electron chi connectivity index (χ0n) is 16.3. The Labute approximate surface area is 173 Å². The third kappa shape index (κ3) is 3.45. The van der Waals surface area contributed by atoms with Gasteiger partial charge >= 0.3 is 0 Å². The van der Waals surface area contributed by atoms with E-state index in [1.807, 2.05) is 23.1 Å². The highest BCUT2D eigenvalue weighted by Gasteiger charge is 2.26. The molecule has 2 aliphatic heterocycles. The van der Waals surface area contributed by atoms with E-state index in [4.69, 9.17) is 9.47 Å². The predicted molar refractivity (Wildman–Crippen MR) is 110 cm³/mol. The Balaban J connectivity index is 1.31. The monoisotopic (exact) mass is 408 g/mol. The first-order chi connectivity index (χ1) is 14.7. The van der Waals surface area contributed by atoms with Crippen molar-refractivity contribution in [1.82, 2.24) is 15.1 Å². The van der Waals surface area contributed by atoms with Crippen LogP contribution >= 0.6 is 0 Å². The molecule has 1 N–H and O–H groups in total. The minimum absolute atomic E-state index is 0.0626. The van der Waals surface area contributed by atoms with Gasteiger partial charge in [0, 0.05) is 37.4 Å². The van der Waals surface area contributed by atoms with Gasteiger partial charge in [0.2, 0.25) is 0 Å².